The van der Waals surface area contributed by atoms with Gasteiger partial charge in [0.15, 0.2) is 0 Å². The van der Waals surface area contributed by atoms with Gasteiger partial charge in [-0.15, -0.1) is 0 Å². The highest BCUT2D eigenvalue weighted by Crippen LogP contribution is 2.18. The van der Waals surface area contributed by atoms with Crippen molar-refractivity contribution >= 4 is 22.5 Å². The van der Waals surface area contributed by atoms with Crippen LogP contribution in [0.25, 0.3) is 16.6 Å². The molecule has 5 rings (SSSR count). The first kappa shape index (κ1) is 19.6. The van der Waals surface area contributed by atoms with Crippen molar-refractivity contribution < 1.29 is 4.79 Å². The highest BCUT2D eigenvalue weighted by molar-refractivity contribution is 5.82. The van der Waals surface area contributed by atoms with Crippen LogP contribution < -0.4 is 10.9 Å². The van der Waals surface area contributed by atoms with Crippen molar-refractivity contribution in [3.8, 4) is 0 Å². The molecule has 0 saturated carbocycles. The van der Waals surface area contributed by atoms with E-state index in [0.29, 0.717) is 12.1 Å². The maximum Gasteiger partial charge on any atom is 0.275 e. The lowest BCUT2D eigenvalue weighted by Crippen LogP contribution is -2.36. The predicted octanol–water partition coefficient (Wildman–Crippen LogP) is 2.82. The van der Waals surface area contributed by atoms with E-state index in [2.05, 4.69) is 34.5 Å². The highest BCUT2D eigenvalue weighted by atomic mass is 16.2. The van der Waals surface area contributed by atoms with Crippen LogP contribution in [0.15, 0.2) is 71.7 Å². The minimum Gasteiger partial charge on any atom is -0.355 e. The molecule has 6 nitrogen and oxygen atoms in total. The largest absolute Gasteiger partial charge is 0.355 e. The standard InChI is InChI=1S/C25H26N4O2/c30-24(26-13-6-14-27-16-12-19-7-1-2-8-20(19)17-27)18-29-22-10-4-3-9-21(22)28-15-5-11-23(28)25(29)31/h1-5,7-11,15H,6,12-14,16-18H2,(H,26,30). The fourth-order valence-corrected chi connectivity index (χ4v) is 4.54. The number of aromatic nitrogens is 2. The van der Waals surface area contributed by atoms with Crippen LogP contribution in [0.4, 0.5) is 0 Å². The SMILES string of the molecule is O=C(Cn1c(=O)c2cccn2c2ccccc21)NCCCN1CCc2ccccc2C1. The Morgan fingerprint density at radius 2 is 1.65 bits per heavy atom. The number of benzene rings is 2. The van der Waals surface area contributed by atoms with Gasteiger partial charge in [0.2, 0.25) is 5.91 Å². The molecule has 2 aromatic heterocycles. The monoisotopic (exact) mass is 414 g/mol. The molecule has 1 aliphatic heterocycles. The zero-order chi connectivity index (χ0) is 21.2. The van der Waals surface area contributed by atoms with Crippen molar-refractivity contribution in [3.05, 3.63) is 88.3 Å². The molecule has 0 fully saturated rings. The van der Waals surface area contributed by atoms with Crippen molar-refractivity contribution in [2.75, 3.05) is 19.6 Å². The minimum atomic E-state index is -0.147. The Labute approximate surface area is 180 Å². The van der Waals surface area contributed by atoms with E-state index in [9.17, 15) is 9.59 Å². The molecule has 0 atom stereocenters. The van der Waals surface area contributed by atoms with Crippen molar-refractivity contribution in [3.63, 3.8) is 0 Å². The molecule has 31 heavy (non-hydrogen) atoms. The third-order valence-electron chi connectivity index (χ3n) is 6.13. The average molecular weight is 415 g/mol. The number of nitrogens with one attached hydrogen (secondary N) is 1. The van der Waals surface area contributed by atoms with Gasteiger partial charge in [-0.1, -0.05) is 36.4 Å². The molecule has 158 valence electrons. The van der Waals surface area contributed by atoms with Gasteiger partial charge in [0.25, 0.3) is 5.56 Å². The summed E-state index contributed by atoms with van der Waals surface area (Å²) in [4.78, 5) is 28.0. The molecule has 0 bridgehead atoms. The maximum absolute atomic E-state index is 12.9. The molecule has 0 saturated heterocycles. The van der Waals surface area contributed by atoms with Gasteiger partial charge in [-0.05, 0) is 48.2 Å². The van der Waals surface area contributed by atoms with Gasteiger partial charge in [0, 0.05) is 32.4 Å². The number of rotatable bonds is 6. The molecule has 3 heterocycles. The van der Waals surface area contributed by atoms with E-state index >= 15 is 0 Å². The van der Waals surface area contributed by atoms with Crippen LogP contribution in [0.3, 0.4) is 0 Å². The Morgan fingerprint density at radius 3 is 2.52 bits per heavy atom. The lowest BCUT2D eigenvalue weighted by Gasteiger charge is -2.28. The minimum absolute atomic E-state index is 0.0259. The van der Waals surface area contributed by atoms with Crippen LogP contribution in [0.2, 0.25) is 0 Å². The molecule has 1 aliphatic rings. The molecule has 0 unspecified atom stereocenters. The summed E-state index contributed by atoms with van der Waals surface area (Å²) in [6.45, 7) is 3.62. The van der Waals surface area contributed by atoms with Crippen molar-refractivity contribution in [1.29, 1.82) is 0 Å². The molecule has 0 radical (unpaired) electrons. The van der Waals surface area contributed by atoms with Gasteiger partial charge in [-0.3, -0.25) is 19.1 Å². The second-order valence-electron chi connectivity index (χ2n) is 8.14. The first-order valence-electron chi connectivity index (χ1n) is 10.9. The smallest absolute Gasteiger partial charge is 0.275 e. The predicted molar refractivity (Wildman–Crippen MR) is 122 cm³/mol. The van der Waals surface area contributed by atoms with E-state index in [4.69, 9.17) is 0 Å². The fourth-order valence-electron chi connectivity index (χ4n) is 4.54. The van der Waals surface area contributed by atoms with Gasteiger partial charge in [-0.2, -0.15) is 0 Å². The fraction of sp³-hybridized carbons (Fsp3) is 0.280. The molecular weight excluding hydrogens is 388 g/mol. The Morgan fingerprint density at radius 1 is 0.903 bits per heavy atom. The Bertz CT molecular complexity index is 1300. The molecule has 1 N–H and O–H groups in total. The van der Waals surface area contributed by atoms with E-state index in [1.54, 1.807) is 10.6 Å². The first-order chi connectivity index (χ1) is 15.2. The van der Waals surface area contributed by atoms with Gasteiger partial charge < -0.3 is 9.72 Å². The normalized spacial score (nSPS) is 14.1. The van der Waals surface area contributed by atoms with Crippen molar-refractivity contribution in [1.82, 2.24) is 19.2 Å². The molecule has 0 spiro atoms. The lowest BCUT2D eigenvalue weighted by molar-refractivity contribution is -0.121. The maximum atomic E-state index is 12.9. The molecule has 1 amide bonds. The summed E-state index contributed by atoms with van der Waals surface area (Å²) in [6, 6.07) is 19.9. The number of nitrogens with zero attached hydrogens (tertiary/aromatic N) is 3. The zero-order valence-corrected chi connectivity index (χ0v) is 17.5. The van der Waals surface area contributed by atoms with Gasteiger partial charge in [0.1, 0.15) is 12.1 Å². The number of carbonyl (C=O) groups is 1. The van der Waals surface area contributed by atoms with Gasteiger partial charge >= 0.3 is 0 Å². The van der Waals surface area contributed by atoms with Crippen LogP contribution in [0, 0.1) is 0 Å². The van der Waals surface area contributed by atoms with E-state index in [1.807, 2.05) is 40.9 Å². The summed E-state index contributed by atoms with van der Waals surface area (Å²) in [5.74, 6) is -0.132. The summed E-state index contributed by atoms with van der Waals surface area (Å²) >= 11 is 0. The van der Waals surface area contributed by atoms with Crippen LogP contribution >= 0.6 is 0 Å². The summed E-state index contributed by atoms with van der Waals surface area (Å²) < 4.78 is 3.45. The molecule has 0 aliphatic carbocycles. The first-order valence-corrected chi connectivity index (χ1v) is 10.9. The summed E-state index contributed by atoms with van der Waals surface area (Å²) in [7, 11) is 0. The number of para-hydroxylation sites is 2. The third-order valence-corrected chi connectivity index (χ3v) is 6.13. The summed E-state index contributed by atoms with van der Waals surface area (Å²) in [5, 5.41) is 2.99. The zero-order valence-electron chi connectivity index (χ0n) is 17.5. The number of amides is 1. The Balaban J connectivity index is 1.20. The molecule has 2 aromatic carbocycles. The molecule has 4 aromatic rings. The number of fused-ring (bicyclic) bond motifs is 4. The van der Waals surface area contributed by atoms with Crippen molar-refractivity contribution in [2.24, 2.45) is 0 Å². The lowest BCUT2D eigenvalue weighted by atomic mass is 10.00. The summed E-state index contributed by atoms with van der Waals surface area (Å²) in [6.07, 6.45) is 3.85. The van der Waals surface area contributed by atoms with Crippen LogP contribution in [-0.2, 0) is 24.3 Å². The molecule has 6 heteroatoms. The quantitative estimate of drug-likeness (QED) is 0.494. The van der Waals surface area contributed by atoms with Gasteiger partial charge in [0.05, 0.1) is 11.0 Å². The Kier molecular flexibility index (Phi) is 5.30. The summed E-state index contributed by atoms with van der Waals surface area (Å²) in [5.41, 5.74) is 4.97. The number of hydrogen-bond acceptors (Lipinski definition) is 3. The Hall–Kier alpha value is -3.38. The van der Waals surface area contributed by atoms with E-state index in [1.165, 1.54) is 11.1 Å². The van der Waals surface area contributed by atoms with Crippen LogP contribution in [0.1, 0.15) is 17.5 Å². The van der Waals surface area contributed by atoms with E-state index < -0.39 is 0 Å². The topological polar surface area (TPSA) is 58.8 Å². The van der Waals surface area contributed by atoms with Crippen LogP contribution in [0.5, 0.6) is 0 Å². The van der Waals surface area contributed by atoms with Gasteiger partial charge in [-0.25, -0.2) is 0 Å². The second kappa shape index (κ2) is 8.40. The third kappa shape index (κ3) is 3.86. The number of carbonyl (C=O) groups excluding carboxylic acids is 1. The van der Waals surface area contributed by atoms with E-state index in [-0.39, 0.29) is 18.0 Å². The molecular formula is C25H26N4O2. The average Bonchev–Trinajstić information content (AvgIpc) is 3.30. The number of hydrogen-bond donors (Lipinski definition) is 1. The van der Waals surface area contributed by atoms with Crippen molar-refractivity contribution in [2.45, 2.75) is 25.9 Å². The van der Waals surface area contributed by atoms with Crippen LogP contribution in [-0.4, -0.2) is 39.4 Å². The highest BCUT2D eigenvalue weighted by Gasteiger charge is 2.16. The van der Waals surface area contributed by atoms with E-state index in [0.717, 1.165) is 43.5 Å². The second-order valence-corrected chi connectivity index (χ2v) is 8.14.